The Labute approximate surface area is 137 Å². The Morgan fingerprint density at radius 2 is 2.05 bits per heavy atom. The van der Waals surface area contributed by atoms with Crippen molar-refractivity contribution < 1.29 is 18.3 Å². The lowest BCUT2D eigenvalue weighted by atomic mass is 9.88. The minimum atomic E-state index is -3.47. The fourth-order valence-corrected chi connectivity index (χ4v) is 5.11. The Morgan fingerprint density at radius 1 is 1.38 bits per heavy atom. The summed E-state index contributed by atoms with van der Waals surface area (Å²) in [7, 11) is -3.47. The second-order valence-electron chi connectivity index (χ2n) is 5.18. The molecule has 1 rings (SSSR count). The molecule has 0 aliphatic heterocycles. The average molecular weight is 398 g/mol. The Bertz CT molecular complexity index is 568. The average Bonchev–Trinajstić information content (AvgIpc) is 2.80. The van der Waals surface area contributed by atoms with Crippen molar-refractivity contribution in [2.75, 3.05) is 6.54 Å². The van der Waals surface area contributed by atoms with E-state index in [9.17, 15) is 13.2 Å². The van der Waals surface area contributed by atoms with Gasteiger partial charge in [-0.25, -0.2) is 13.1 Å². The fourth-order valence-electron chi connectivity index (χ4n) is 2.01. The van der Waals surface area contributed by atoms with Crippen LogP contribution >= 0.6 is 27.3 Å². The van der Waals surface area contributed by atoms with Crippen molar-refractivity contribution in [3.63, 3.8) is 0 Å². The zero-order valence-corrected chi connectivity index (χ0v) is 15.2. The van der Waals surface area contributed by atoms with Gasteiger partial charge in [-0.15, -0.1) is 11.3 Å². The maximum Gasteiger partial charge on any atom is 0.303 e. The number of rotatable bonds is 9. The lowest BCUT2D eigenvalue weighted by Crippen LogP contribution is -2.26. The van der Waals surface area contributed by atoms with Gasteiger partial charge in [0.25, 0.3) is 0 Å². The summed E-state index contributed by atoms with van der Waals surface area (Å²) >= 11 is 4.40. The van der Waals surface area contributed by atoms with Gasteiger partial charge in [-0.05, 0) is 52.7 Å². The van der Waals surface area contributed by atoms with Gasteiger partial charge in [0.05, 0.1) is 3.79 Å². The van der Waals surface area contributed by atoms with E-state index in [-0.39, 0.29) is 16.5 Å². The van der Waals surface area contributed by atoms with Crippen molar-refractivity contribution in [2.45, 2.75) is 37.3 Å². The highest BCUT2D eigenvalue weighted by molar-refractivity contribution is 9.11. The van der Waals surface area contributed by atoms with E-state index in [1.54, 1.807) is 12.1 Å². The van der Waals surface area contributed by atoms with E-state index in [0.717, 1.165) is 15.1 Å². The standard InChI is InChI=1S/C13H20BrNO4S2/c1-9(2)10(3-5-12(16)17)7-8-15-21(18,19)13-6-4-11(14)20-13/h4,6,9-10,15H,3,5,7-8H2,1-2H3,(H,16,17). The summed E-state index contributed by atoms with van der Waals surface area (Å²) in [6, 6.07) is 3.25. The molecule has 0 aromatic carbocycles. The Kier molecular flexibility index (Phi) is 7.32. The summed E-state index contributed by atoms with van der Waals surface area (Å²) in [5, 5.41) is 8.74. The van der Waals surface area contributed by atoms with Crippen molar-refractivity contribution in [1.82, 2.24) is 4.72 Å². The first kappa shape index (κ1) is 18.6. The van der Waals surface area contributed by atoms with Gasteiger partial charge in [-0.3, -0.25) is 4.79 Å². The predicted molar refractivity (Wildman–Crippen MR) is 87.0 cm³/mol. The quantitative estimate of drug-likeness (QED) is 0.669. The van der Waals surface area contributed by atoms with E-state index in [0.29, 0.717) is 25.3 Å². The van der Waals surface area contributed by atoms with Crippen molar-refractivity contribution in [3.05, 3.63) is 15.9 Å². The van der Waals surface area contributed by atoms with Gasteiger partial charge in [0.2, 0.25) is 10.0 Å². The summed E-state index contributed by atoms with van der Waals surface area (Å²) < 4.78 is 27.7. The summed E-state index contributed by atoms with van der Waals surface area (Å²) in [4.78, 5) is 10.6. The zero-order valence-electron chi connectivity index (χ0n) is 12.0. The van der Waals surface area contributed by atoms with Crippen LogP contribution in [0.15, 0.2) is 20.1 Å². The number of carboxylic acid groups (broad SMARTS) is 1. The SMILES string of the molecule is CC(C)C(CCNS(=O)(=O)c1ccc(Br)s1)CCC(=O)O. The summed E-state index contributed by atoms with van der Waals surface area (Å²) in [6.07, 6.45) is 1.32. The third kappa shape index (κ3) is 6.46. The molecule has 0 bridgehead atoms. The third-order valence-electron chi connectivity index (χ3n) is 3.29. The van der Waals surface area contributed by atoms with Gasteiger partial charge in [0.15, 0.2) is 0 Å². The number of hydrogen-bond acceptors (Lipinski definition) is 4. The van der Waals surface area contributed by atoms with E-state index in [2.05, 4.69) is 20.7 Å². The minimum absolute atomic E-state index is 0.119. The lowest BCUT2D eigenvalue weighted by Gasteiger charge is -2.20. The topological polar surface area (TPSA) is 83.5 Å². The van der Waals surface area contributed by atoms with Crippen LogP contribution in [0.3, 0.4) is 0 Å². The van der Waals surface area contributed by atoms with E-state index < -0.39 is 16.0 Å². The molecule has 0 saturated carbocycles. The molecule has 1 aromatic rings. The molecule has 1 unspecified atom stereocenters. The van der Waals surface area contributed by atoms with Gasteiger partial charge in [-0.1, -0.05) is 13.8 Å². The molecule has 0 amide bonds. The van der Waals surface area contributed by atoms with Crippen LogP contribution in [0.4, 0.5) is 0 Å². The van der Waals surface area contributed by atoms with Crippen LogP contribution in [-0.2, 0) is 14.8 Å². The molecule has 8 heteroatoms. The molecule has 0 radical (unpaired) electrons. The number of thiophene rings is 1. The van der Waals surface area contributed by atoms with Gasteiger partial charge in [0, 0.05) is 13.0 Å². The molecule has 21 heavy (non-hydrogen) atoms. The van der Waals surface area contributed by atoms with Crippen molar-refractivity contribution in [3.8, 4) is 0 Å². The molecule has 5 nitrogen and oxygen atoms in total. The normalized spacial score (nSPS) is 13.5. The van der Waals surface area contributed by atoms with Crippen molar-refractivity contribution >= 4 is 43.3 Å². The van der Waals surface area contributed by atoms with E-state index in [1.807, 2.05) is 13.8 Å². The first-order valence-electron chi connectivity index (χ1n) is 6.69. The molecule has 120 valence electrons. The van der Waals surface area contributed by atoms with E-state index in [1.165, 1.54) is 0 Å². The van der Waals surface area contributed by atoms with E-state index >= 15 is 0 Å². The molecule has 0 fully saturated rings. The van der Waals surface area contributed by atoms with Crippen LogP contribution in [0, 0.1) is 11.8 Å². The Hall–Kier alpha value is -0.440. The molecule has 1 atom stereocenters. The lowest BCUT2D eigenvalue weighted by molar-refractivity contribution is -0.137. The highest BCUT2D eigenvalue weighted by atomic mass is 79.9. The maximum atomic E-state index is 12.0. The number of halogens is 1. The van der Waals surface area contributed by atoms with Gasteiger partial charge < -0.3 is 5.11 Å². The molecular formula is C13H20BrNO4S2. The smallest absolute Gasteiger partial charge is 0.303 e. The van der Waals surface area contributed by atoms with Crippen LogP contribution in [0.2, 0.25) is 0 Å². The number of nitrogens with one attached hydrogen (secondary N) is 1. The highest BCUT2D eigenvalue weighted by Crippen LogP contribution is 2.26. The van der Waals surface area contributed by atoms with Crippen LogP contribution in [0.1, 0.15) is 33.1 Å². The maximum absolute atomic E-state index is 12.0. The molecule has 0 spiro atoms. The summed E-state index contributed by atoms with van der Waals surface area (Å²) in [5.74, 6) is -0.298. The summed E-state index contributed by atoms with van der Waals surface area (Å²) in [5.41, 5.74) is 0. The monoisotopic (exact) mass is 397 g/mol. The van der Waals surface area contributed by atoms with Crippen molar-refractivity contribution in [2.24, 2.45) is 11.8 Å². The van der Waals surface area contributed by atoms with Crippen molar-refractivity contribution in [1.29, 1.82) is 0 Å². The van der Waals surface area contributed by atoms with Crippen LogP contribution in [0.25, 0.3) is 0 Å². The minimum Gasteiger partial charge on any atom is -0.481 e. The molecule has 0 saturated heterocycles. The Balaban J connectivity index is 2.51. The number of sulfonamides is 1. The molecule has 0 aliphatic rings. The zero-order chi connectivity index (χ0) is 16.0. The van der Waals surface area contributed by atoms with Crippen LogP contribution < -0.4 is 4.72 Å². The van der Waals surface area contributed by atoms with Crippen LogP contribution in [0.5, 0.6) is 0 Å². The van der Waals surface area contributed by atoms with Crippen LogP contribution in [-0.4, -0.2) is 26.0 Å². The molecule has 2 N–H and O–H groups in total. The first-order chi connectivity index (χ1) is 9.72. The number of carbonyl (C=O) groups is 1. The molecule has 0 aliphatic carbocycles. The summed E-state index contributed by atoms with van der Waals surface area (Å²) in [6.45, 7) is 4.37. The fraction of sp³-hybridized carbons (Fsp3) is 0.615. The van der Waals surface area contributed by atoms with Gasteiger partial charge >= 0.3 is 5.97 Å². The third-order valence-corrected chi connectivity index (χ3v) is 6.87. The number of carboxylic acids is 1. The first-order valence-corrected chi connectivity index (χ1v) is 9.78. The largest absolute Gasteiger partial charge is 0.481 e. The molecule has 1 aromatic heterocycles. The van der Waals surface area contributed by atoms with Gasteiger partial charge in [0.1, 0.15) is 4.21 Å². The molecule has 1 heterocycles. The number of hydrogen-bond donors (Lipinski definition) is 2. The Morgan fingerprint density at radius 3 is 2.52 bits per heavy atom. The predicted octanol–water partition coefficient (Wildman–Crippen LogP) is 3.32. The van der Waals surface area contributed by atoms with Gasteiger partial charge in [-0.2, -0.15) is 0 Å². The highest BCUT2D eigenvalue weighted by Gasteiger charge is 2.19. The molecular weight excluding hydrogens is 378 g/mol. The second kappa shape index (κ2) is 8.26. The second-order valence-corrected chi connectivity index (χ2v) is 9.64. The van der Waals surface area contributed by atoms with E-state index in [4.69, 9.17) is 5.11 Å². The number of aliphatic carboxylic acids is 1.